The van der Waals surface area contributed by atoms with Crippen LogP contribution in [0.3, 0.4) is 0 Å². The normalized spacial score (nSPS) is 20.5. The zero-order chi connectivity index (χ0) is 11.3. The SMILES string of the molecule is CC(CCCN)C(=O)NC1(CO)CCC1. The molecule has 4 N–H and O–H groups in total. The Morgan fingerprint density at radius 2 is 2.27 bits per heavy atom. The summed E-state index contributed by atoms with van der Waals surface area (Å²) in [5.41, 5.74) is 5.08. The number of aliphatic hydroxyl groups excluding tert-OH is 1. The first-order chi connectivity index (χ1) is 7.13. The molecule has 15 heavy (non-hydrogen) atoms. The van der Waals surface area contributed by atoms with Crippen LogP contribution in [0.5, 0.6) is 0 Å². The fourth-order valence-electron chi connectivity index (χ4n) is 1.87. The van der Waals surface area contributed by atoms with E-state index in [1.165, 1.54) is 0 Å². The zero-order valence-corrected chi connectivity index (χ0v) is 9.46. The van der Waals surface area contributed by atoms with Crippen LogP contribution in [0, 0.1) is 5.92 Å². The number of hydrogen-bond acceptors (Lipinski definition) is 3. The summed E-state index contributed by atoms with van der Waals surface area (Å²) in [6, 6.07) is 0. The number of nitrogens with one attached hydrogen (secondary N) is 1. The number of carbonyl (C=O) groups is 1. The second kappa shape index (κ2) is 5.47. The maximum absolute atomic E-state index is 11.8. The van der Waals surface area contributed by atoms with Crippen LogP contribution in [0.15, 0.2) is 0 Å². The van der Waals surface area contributed by atoms with Crippen molar-refractivity contribution in [2.45, 2.75) is 44.6 Å². The molecule has 0 saturated heterocycles. The number of hydrogen-bond donors (Lipinski definition) is 3. The molecule has 0 heterocycles. The minimum absolute atomic E-state index is 0.00225. The highest BCUT2D eigenvalue weighted by molar-refractivity contribution is 5.79. The van der Waals surface area contributed by atoms with Gasteiger partial charge in [-0.25, -0.2) is 0 Å². The Hall–Kier alpha value is -0.610. The van der Waals surface area contributed by atoms with Crippen molar-refractivity contribution in [2.24, 2.45) is 11.7 Å². The molecule has 0 aromatic rings. The minimum atomic E-state index is -0.311. The van der Waals surface area contributed by atoms with Gasteiger partial charge in [0.05, 0.1) is 12.1 Å². The van der Waals surface area contributed by atoms with Gasteiger partial charge in [0, 0.05) is 5.92 Å². The van der Waals surface area contributed by atoms with Crippen molar-refractivity contribution in [3.05, 3.63) is 0 Å². The van der Waals surface area contributed by atoms with E-state index in [0.29, 0.717) is 6.54 Å². The van der Waals surface area contributed by atoms with E-state index in [-0.39, 0.29) is 24.0 Å². The molecule has 1 unspecified atom stereocenters. The number of aliphatic hydroxyl groups is 1. The van der Waals surface area contributed by atoms with Gasteiger partial charge in [0.25, 0.3) is 0 Å². The minimum Gasteiger partial charge on any atom is -0.394 e. The van der Waals surface area contributed by atoms with E-state index in [2.05, 4.69) is 5.32 Å². The molecule has 4 nitrogen and oxygen atoms in total. The van der Waals surface area contributed by atoms with Gasteiger partial charge in [-0.2, -0.15) is 0 Å². The van der Waals surface area contributed by atoms with Crippen LogP contribution in [0.25, 0.3) is 0 Å². The summed E-state index contributed by atoms with van der Waals surface area (Å²) in [5, 5.41) is 12.2. The third-order valence-electron chi connectivity index (χ3n) is 3.29. The lowest BCUT2D eigenvalue weighted by atomic mass is 9.77. The van der Waals surface area contributed by atoms with E-state index >= 15 is 0 Å². The van der Waals surface area contributed by atoms with Gasteiger partial charge in [0.2, 0.25) is 5.91 Å². The lowest BCUT2D eigenvalue weighted by Gasteiger charge is -2.41. The van der Waals surface area contributed by atoms with Crippen molar-refractivity contribution >= 4 is 5.91 Å². The number of rotatable bonds is 6. The molecular formula is C11H22N2O2. The highest BCUT2D eigenvalue weighted by Crippen LogP contribution is 2.31. The van der Waals surface area contributed by atoms with E-state index in [0.717, 1.165) is 32.1 Å². The summed E-state index contributed by atoms with van der Waals surface area (Å²) in [4.78, 5) is 11.8. The van der Waals surface area contributed by atoms with Crippen molar-refractivity contribution in [3.8, 4) is 0 Å². The van der Waals surface area contributed by atoms with Crippen LogP contribution in [0.4, 0.5) is 0 Å². The predicted octanol–water partition coefficient (Wildman–Crippen LogP) is 0.393. The standard InChI is InChI=1S/C11H22N2O2/c1-9(4-2-7-12)10(15)13-11(8-14)5-3-6-11/h9,14H,2-8,12H2,1H3,(H,13,15). The monoisotopic (exact) mass is 214 g/mol. The average Bonchev–Trinajstić information content (AvgIpc) is 2.19. The van der Waals surface area contributed by atoms with Gasteiger partial charge in [-0.05, 0) is 38.6 Å². The molecule has 0 radical (unpaired) electrons. The molecule has 88 valence electrons. The Kier molecular flexibility index (Phi) is 4.54. The summed E-state index contributed by atoms with van der Waals surface area (Å²) in [6.45, 7) is 2.60. The molecule has 0 bridgehead atoms. The van der Waals surface area contributed by atoms with Gasteiger partial charge in [0.15, 0.2) is 0 Å². The summed E-state index contributed by atoms with van der Waals surface area (Å²) >= 11 is 0. The fraction of sp³-hybridized carbons (Fsp3) is 0.909. The Morgan fingerprint density at radius 1 is 1.60 bits per heavy atom. The first-order valence-corrected chi connectivity index (χ1v) is 5.76. The lowest BCUT2D eigenvalue weighted by Crippen LogP contribution is -2.57. The summed E-state index contributed by atoms with van der Waals surface area (Å²) in [6.07, 6.45) is 4.60. The Morgan fingerprint density at radius 3 is 2.67 bits per heavy atom. The quantitative estimate of drug-likeness (QED) is 0.599. The topological polar surface area (TPSA) is 75.4 Å². The van der Waals surface area contributed by atoms with E-state index in [4.69, 9.17) is 5.73 Å². The molecule has 1 aliphatic rings. The first-order valence-electron chi connectivity index (χ1n) is 5.76. The van der Waals surface area contributed by atoms with Crippen molar-refractivity contribution in [3.63, 3.8) is 0 Å². The van der Waals surface area contributed by atoms with Crippen LogP contribution in [-0.4, -0.2) is 29.7 Å². The Balaban J connectivity index is 2.33. The van der Waals surface area contributed by atoms with Gasteiger partial charge in [0.1, 0.15) is 0 Å². The molecule has 1 fully saturated rings. The molecule has 4 heteroatoms. The fourth-order valence-corrected chi connectivity index (χ4v) is 1.87. The Bertz CT molecular complexity index is 209. The summed E-state index contributed by atoms with van der Waals surface area (Å²) < 4.78 is 0. The van der Waals surface area contributed by atoms with Gasteiger partial charge < -0.3 is 16.2 Å². The first kappa shape index (κ1) is 12.5. The van der Waals surface area contributed by atoms with Crippen LogP contribution < -0.4 is 11.1 Å². The lowest BCUT2D eigenvalue weighted by molar-refractivity contribution is -0.128. The molecular weight excluding hydrogens is 192 g/mol. The van der Waals surface area contributed by atoms with Crippen molar-refractivity contribution in [1.29, 1.82) is 0 Å². The summed E-state index contributed by atoms with van der Waals surface area (Å²) in [7, 11) is 0. The van der Waals surface area contributed by atoms with Crippen molar-refractivity contribution in [2.75, 3.05) is 13.2 Å². The molecule has 1 amide bonds. The molecule has 1 saturated carbocycles. The van der Waals surface area contributed by atoms with Gasteiger partial charge in [-0.3, -0.25) is 4.79 Å². The second-order valence-corrected chi connectivity index (χ2v) is 4.61. The molecule has 1 atom stereocenters. The van der Waals surface area contributed by atoms with Crippen molar-refractivity contribution < 1.29 is 9.90 Å². The van der Waals surface area contributed by atoms with Gasteiger partial charge >= 0.3 is 0 Å². The molecule has 1 rings (SSSR count). The van der Waals surface area contributed by atoms with E-state index < -0.39 is 0 Å². The average molecular weight is 214 g/mol. The molecule has 1 aliphatic carbocycles. The predicted molar refractivity (Wildman–Crippen MR) is 59.3 cm³/mol. The largest absolute Gasteiger partial charge is 0.394 e. The van der Waals surface area contributed by atoms with E-state index in [1.807, 2.05) is 6.92 Å². The highest BCUT2D eigenvalue weighted by atomic mass is 16.3. The van der Waals surface area contributed by atoms with Crippen LogP contribution in [-0.2, 0) is 4.79 Å². The molecule has 0 aliphatic heterocycles. The third-order valence-corrected chi connectivity index (χ3v) is 3.29. The smallest absolute Gasteiger partial charge is 0.223 e. The van der Waals surface area contributed by atoms with Gasteiger partial charge in [-0.1, -0.05) is 6.92 Å². The number of nitrogens with two attached hydrogens (primary N) is 1. The van der Waals surface area contributed by atoms with Crippen LogP contribution >= 0.6 is 0 Å². The van der Waals surface area contributed by atoms with E-state index in [9.17, 15) is 9.90 Å². The van der Waals surface area contributed by atoms with Crippen LogP contribution in [0.2, 0.25) is 0 Å². The molecule has 0 spiro atoms. The molecule has 0 aromatic carbocycles. The molecule has 0 aromatic heterocycles. The van der Waals surface area contributed by atoms with Gasteiger partial charge in [-0.15, -0.1) is 0 Å². The summed E-state index contributed by atoms with van der Waals surface area (Å²) in [5.74, 6) is 0.0507. The second-order valence-electron chi connectivity index (χ2n) is 4.61. The van der Waals surface area contributed by atoms with Crippen molar-refractivity contribution in [1.82, 2.24) is 5.32 Å². The number of carbonyl (C=O) groups excluding carboxylic acids is 1. The zero-order valence-electron chi connectivity index (χ0n) is 9.46. The number of amides is 1. The third kappa shape index (κ3) is 3.18. The highest BCUT2D eigenvalue weighted by Gasteiger charge is 2.38. The van der Waals surface area contributed by atoms with Crippen LogP contribution in [0.1, 0.15) is 39.0 Å². The maximum Gasteiger partial charge on any atom is 0.223 e. The van der Waals surface area contributed by atoms with E-state index in [1.54, 1.807) is 0 Å². The Labute approximate surface area is 91.2 Å². The maximum atomic E-state index is 11.8.